The molecular formula is C14H22N2O3. The lowest BCUT2D eigenvalue weighted by molar-refractivity contribution is -0.146. The number of nitrogens with zero attached hydrogens (tertiary/aromatic N) is 1. The van der Waals surface area contributed by atoms with E-state index in [2.05, 4.69) is 12.2 Å². The van der Waals surface area contributed by atoms with Gasteiger partial charge in [-0.3, -0.25) is 4.79 Å². The van der Waals surface area contributed by atoms with Gasteiger partial charge in [-0.2, -0.15) is 0 Å². The highest BCUT2D eigenvalue weighted by Gasteiger charge is 2.43. The van der Waals surface area contributed by atoms with E-state index < -0.39 is 5.97 Å². The van der Waals surface area contributed by atoms with Crippen molar-refractivity contribution in [3.8, 4) is 0 Å². The zero-order valence-corrected chi connectivity index (χ0v) is 11.3. The molecule has 2 saturated carbocycles. The van der Waals surface area contributed by atoms with Crippen molar-refractivity contribution in [1.82, 2.24) is 10.2 Å². The van der Waals surface area contributed by atoms with Gasteiger partial charge in [-0.1, -0.05) is 6.42 Å². The van der Waals surface area contributed by atoms with Crippen LogP contribution in [0.5, 0.6) is 0 Å². The van der Waals surface area contributed by atoms with Crippen molar-refractivity contribution >= 4 is 12.0 Å². The first-order valence-corrected chi connectivity index (χ1v) is 7.33. The van der Waals surface area contributed by atoms with E-state index in [1.54, 1.807) is 4.90 Å². The second kappa shape index (κ2) is 4.69. The van der Waals surface area contributed by atoms with Crippen molar-refractivity contribution in [3.63, 3.8) is 0 Å². The summed E-state index contributed by atoms with van der Waals surface area (Å²) in [5, 5.41) is 11.9. The lowest BCUT2D eigenvalue weighted by Crippen LogP contribution is -2.58. The number of urea groups is 1. The minimum Gasteiger partial charge on any atom is -0.481 e. The molecule has 5 heteroatoms. The van der Waals surface area contributed by atoms with Gasteiger partial charge in [0.05, 0.1) is 5.92 Å². The predicted octanol–water partition coefficient (Wildman–Crippen LogP) is 1.54. The standard InChI is InChI=1S/C14H22N2O3/c1-8(12-5-9-2-3-10(12)4-9)15-14(19)16-6-11(7-16)13(17)18/h8-12H,2-7H2,1H3,(H,15,19)(H,17,18). The first-order valence-electron chi connectivity index (χ1n) is 7.33. The van der Waals surface area contributed by atoms with Crippen LogP contribution in [0.4, 0.5) is 4.79 Å². The maximum Gasteiger partial charge on any atom is 0.317 e. The summed E-state index contributed by atoms with van der Waals surface area (Å²) >= 11 is 0. The second-order valence-corrected chi connectivity index (χ2v) is 6.52. The minimum absolute atomic E-state index is 0.0900. The molecule has 1 saturated heterocycles. The average molecular weight is 266 g/mol. The third kappa shape index (κ3) is 2.30. The number of rotatable bonds is 3. The van der Waals surface area contributed by atoms with Crippen molar-refractivity contribution < 1.29 is 14.7 Å². The Morgan fingerprint density at radius 1 is 1.26 bits per heavy atom. The maximum atomic E-state index is 12.0. The molecule has 3 fully saturated rings. The molecule has 0 radical (unpaired) electrons. The number of hydrogen-bond donors (Lipinski definition) is 2. The monoisotopic (exact) mass is 266 g/mol. The van der Waals surface area contributed by atoms with E-state index in [4.69, 9.17) is 5.11 Å². The number of hydrogen-bond acceptors (Lipinski definition) is 2. The van der Waals surface area contributed by atoms with E-state index in [0.717, 1.165) is 11.8 Å². The second-order valence-electron chi connectivity index (χ2n) is 6.52. The normalized spacial score (nSPS) is 35.0. The fraction of sp³-hybridized carbons (Fsp3) is 0.857. The van der Waals surface area contributed by atoms with Crippen LogP contribution >= 0.6 is 0 Å². The number of aliphatic carboxylic acids is 1. The summed E-state index contributed by atoms with van der Waals surface area (Å²) in [6.07, 6.45) is 5.29. The number of carboxylic acids is 1. The van der Waals surface area contributed by atoms with Crippen molar-refractivity contribution in [1.29, 1.82) is 0 Å². The molecule has 0 aromatic heterocycles. The molecule has 3 aliphatic rings. The van der Waals surface area contributed by atoms with E-state index in [1.165, 1.54) is 25.7 Å². The molecule has 0 spiro atoms. The van der Waals surface area contributed by atoms with E-state index in [-0.39, 0.29) is 18.0 Å². The van der Waals surface area contributed by atoms with Crippen LogP contribution in [0.15, 0.2) is 0 Å². The Hall–Kier alpha value is -1.26. The van der Waals surface area contributed by atoms with Crippen LogP contribution in [0, 0.1) is 23.7 Å². The Kier molecular flexibility index (Phi) is 3.15. The highest BCUT2D eigenvalue weighted by molar-refractivity contribution is 5.79. The van der Waals surface area contributed by atoms with Crippen molar-refractivity contribution in [2.75, 3.05) is 13.1 Å². The first-order chi connectivity index (χ1) is 9.04. The Bertz CT molecular complexity index is 392. The molecule has 1 heterocycles. The zero-order chi connectivity index (χ0) is 13.6. The van der Waals surface area contributed by atoms with Crippen LogP contribution in [-0.2, 0) is 4.79 Å². The third-order valence-corrected chi connectivity index (χ3v) is 5.30. The Balaban J connectivity index is 1.46. The van der Waals surface area contributed by atoms with E-state index >= 15 is 0 Å². The molecule has 106 valence electrons. The lowest BCUT2D eigenvalue weighted by Gasteiger charge is -2.38. The molecular weight excluding hydrogens is 244 g/mol. The van der Waals surface area contributed by atoms with Gasteiger partial charge in [-0.25, -0.2) is 4.79 Å². The number of amides is 2. The van der Waals surface area contributed by atoms with Crippen LogP contribution in [-0.4, -0.2) is 41.1 Å². The molecule has 1 aliphatic heterocycles. The largest absolute Gasteiger partial charge is 0.481 e. The Morgan fingerprint density at radius 2 is 2.00 bits per heavy atom. The molecule has 19 heavy (non-hydrogen) atoms. The summed E-state index contributed by atoms with van der Waals surface area (Å²) in [5.41, 5.74) is 0. The van der Waals surface area contributed by atoms with Gasteiger partial charge in [0.25, 0.3) is 0 Å². The van der Waals surface area contributed by atoms with Crippen LogP contribution in [0.2, 0.25) is 0 Å². The van der Waals surface area contributed by atoms with Crippen LogP contribution in [0.1, 0.15) is 32.6 Å². The molecule has 2 bridgehead atoms. The highest BCUT2D eigenvalue weighted by Crippen LogP contribution is 2.49. The third-order valence-electron chi connectivity index (χ3n) is 5.30. The predicted molar refractivity (Wildman–Crippen MR) is 69.6 cm³/mol. The molecule has 2 N–H and O–H groups in total. The van der Waals surface area contributed by atoms with Crippen molar-refractivity contribution in [2.24, 2.45) is 23.7 Å². The summed E-state index contributed by atoms with van der Waals surface area (Å²) in [7, 11) is 0. The van der Waals surface area contributed by atoms with Gasteiger partial charge in [-0.05, 0) is 43.9 Å². The number of likely N-dealkylation sites (tertiary alicyclic amines) is 1. The molecule has 4 unspecified atom stereocenters. The Morgan fingerprint density at radius 3 is 2.53 bits per heavy atom. The Labute approximate surface area is 113 Å². The number of carbonyl (C=O) groups excluding carboxylic acids is 1. The first kappa shape index (κ1) is 12.8. The SMILES string of the molecule is CC(NC(=O)N1CC(C(=O)O)C1)C1CC2CCC1C2. The van der Waals surface area contributed by atoms with Gasteiger partial charge < -0.3 is 15.3 Å². The molecule has 2 aliphatic carbocycles. The smallest absolute Gasteiger partial charge is 0.317 e. The summed E-state index contributed by atoms with van der Waals surface area (Å²) < 4.78 is 0. The summed E-state index contributed by atoms with van der Waals surface area (Å²) in [5.74, 6) is 1.13. The fourth-order valence-corrected chi connectivity index (χ4v) is 4.10. The van der Waals surface area contributed by atoms with Gasteiger partial charge in [0.2, 0.25) is 0 Å². The minimum atomic E-state index is -0.801. The van der Waals surface area contributed by atoms with Gasteiger partial charge in [0.1, 0.15) is 0 Å². The molecule has 4 atom stereocenters. The van der Waals surface area contributed by atoms with Crippen LogP contribution < -0.4 is 5.32 Å². The number of carbonyl (C=O) groups is 2. The van der Waals surface area contributed by atoms with Crippen LogP contribution in [0.25, 0.3) is 0 Å². The van der Waals surface area contributed by atoms with Gasteiger partial charge in [-0.15, -0.1) is 0 Å². The topological polar surface area (TPSA) is 69.6 Å². The number of fused-ring (bicyclic) bond motifs is 2. The van der Waals surface area contributed by atoms with E-state index in [1.807, 2.05) is 0 Å². The molecule has 0 aromatic carbocycles. The summed E-state index contributed by atoms with van der Waals surface area (Å²) in [6, 6.07) is 0.124. The van der Waals surface area contributed by atoms with Gasteiger partial charge >= 0.3 is 12.0 Å². The average Bonchev–Trinajstić information content (AvgIpc) is 2.87. The zero-order valence-electron chi connectivity index (χ0n) is 11.3. The molecule has 5 nitrogen and oxygen atoms in total. The number of nitrogens with one attached hydrogen (secondary N) is 1. The summed E-state index contributed by atoms with van der Waals surface area (Å²) in [6.45, 7) is 2.80. The molecule has 2 amide bonds. The molecule has 0 aromatic rings. The van der Waals surface area contributed by atoms with E-state index in [0.29, 0.717) is 19.0 Å². The fourth-order valence-electron chi connectivity index (χ4n) is 4.10. The van der Waals surface area contributed by atoms with Gasteiger partial charge in [0, 0.05) is 19.1 Å². The van der Waals surface area contributed by atoms with Gasteiger partial charge in [0.15, 0.2) is 0 Å². The quantitative estimate of drug-likeness (QED) is 0.814. The molecule has 3 rings (SSSR count). The summed E-state index contributed by atoms with van der Waals surface area (Å²) in [4.78, 5) is 24.3. The maximum absolute atomic E-state index is 12.0. The number of carboxylic acid groups (broad SMARTS) is 1. The van der Waals surface area contributed by atoms with Crippen LogP contribution in [0.3, 0.4) is 0 Å². The van der Waals surface area contributed by atoms with Crippen molar-refractivity contribution in [2.45, 2.75) is 38.6 Å². The van der Waals surface area contributed by atoms with Crippen molar-refractivity contribution in [3.05, 3.63) is 0 Å². The van der Waals surface area contributed by atoms with E-state index in [9.17, 15) is 9.59 Å². The highest BCUT2D eigenvalue weighted by atomic mass is 16.4. The lowest BCUT2D eigenvalue weighted by atomic mass is 9.84.